The van der Waals surface area contributed by atoms with Gasteiger partial charge in [-0.1, -0.05) is 44.2 Å². The summed E-state index contributed by atoms with van der Waals surface area (Å²) in [6.07, 6.45) is 5.92. The fraction of sp³-hybridized carbons (Fsp3) is 0.643. The fourth-order valence-electron chi connectivity index (χ4n) is 1.72. The van der Waals surface area contributed by atoms with Crippen LogP contribution in [0.25, 0.3) is 0 Å². The lowest BCUT2D eigenvalue weighted by molar-refractivity contribution is -0.116. The highest BCUT2D eigenvalue weighted by atomic mass is 35.5. The third kappa shape index (κ3) is 7.82. The van der Waals surface area contributed by atoms with Gasteiger partial charge in [-0.05, 0) is 6.42 Å². The lowest BCUT2D eigenvalue weighted by Crippen LogP contribution is -2.14. The molecular formula is C14H22ClN3O3. The number of nitrogens with zero attached hydrogens (tertiary/aromatic N) is 2. The largest absolute Gasteiger partial charge is 0.450 e. The molecule has 118 valence electrons. The summed E-state index contributed by atoms with van der Waals surface area (Å²) in [7, 11) is 1.50. The van der Waals surface area contributed by atoms with Crippen molar-refractivity contribution in [3.63, 3.8) is 0 Å². The molecule has 0 aliphatic heterocycles. The number of rotatable bonds is 10. The van der Waals surface area contributed by atoms with Gasteiger partial charge in [0.15, 0.2) is 6.79 Å². The van der Waals surface area contributed by atoms with Crippen molar-refractivity contribution in [2.75, 3.05) is 19.2 Å². The number of hydrogen-bond donors (Lipinski definition) is 1. The second kappa shape index (κ2) is 10.3. The minimum atomic E-state index is -0.119. The maximum Gasteiger partial charge on any atom is 0.234 e. The predicted octanol–water partition coefficient (Wildman–Crippen LogP) is 3.41. The quantitative estimate of drug-likeness (QED) is 0.407. The number of carbonyl (C=O) groups is 1. The molecule has 0 bridgehead atoms. The number of anilines is 1. The zero-order chi connectivity index (χ0) is 15.5. The van der Waals surface area contributed by atoms with Crippen LogP contribution in [0.15, 0.2) is 6.07 Å². The van der Waals surface area contributed by atoms with Gasteiger partial charge in [0.1, 0.15) is 5.15 Å². The van der Waals surface area contributed by atoms with E-state index in [1.165, 1.54) is 26.0 Å². The Morgan fingerprint density at radius 2 is 2.05 bits per heavy atom. The summed E-state index contributed by atoms with van der Waals surface area (Å²) in [6, 6.07) is 1.46. The number of carbonyl (C=O) groups excluding carboxylic acids is 1. The van der Waals surface area contributed by atoms with Crippen molar-refractivity contribution in [3.8, 4) is 5.88 Å². The standard InChI is InChI=1S/C14H22ClN3O3/c1-3-4-5-6-7-8-12(19)17-14-16-11(15)9-13(18-14)21-10-20-2/h9H,3-8,10H2,1-2H3,(H,16,17,18,19). The van der Waals surface area contributed by atoms with Crippen molar-refractivity contribution < 1.29 is 14.3 Å². The molecule has 0 spiro atoms. The van der Waals surface area contributed by atoms with Crippen LogP contribution in [0.4, 0.5) is 5.95 Å². The SMILES string of the molecule is CCCCCCCC(=O)Nc1nc(Cl)cc(OCOC)n1. The number of methoxy groups -OCH3 is 1. The predicted molar refractivity (Wildman–Crippen MR) is 81.6 cm³/mol. The summed E-state index contributed by atoms with van der Waals surface area (Å²) in [6.45, 7) is 2.21. The molecule has 0 aromatic carbocycles. The van der Waals surface area contributed by atoms with Crippen LogP contribution in [-0.4, -0.2) is 29.8 Å². The third-order valence-electron chi connectivity index (χ3n) is 2.75. The smallest absolute Gasteiger partial charge is 0.234 e. The van der Waals surface area contributed by atoms with E-state index >= 15 is 0 Å². The zero-order valence-corrected chi connectivity index (χ0v) is 13.3. The molecule has 0 saturated heterocycles. The second-order valence-corrected chi connectivity index (χ2v) is 5.00. The minimum Gasteiger partial charge on any atom is -0.450 e. The maximum atomic E-state index is 11.8. The van der Waals surface area contributed by atoms with Gasteiger partial charge < -0.3 is 9.47 Å². The molecule has 7 heteroatoms. The van der Waals surface area contributed by atoms with E-state index in [1.807, 2.05) is 0 Å². The number of nitrogens with one attached hydrogen (secondary N) is 1. The van der Waals surface area contributed by atoms with Gasteiger partial charge in [0.05, 0.1) is 0 Å². The molecule has 1 N–H and O–H groups in total. The summed E-state index contributed by atoms with van der Waals surface area (Å²) in [5.41, 5.74) is 0. The third-order valence-corrected chi connectivity index (χ3v) is 2.95. The van der Waals surface area contributed by atoms with Crippen LogP contribution in [0.3, 0.4) is 0 Å². The Morgan fingerprint density at radius 1 is 1.29 bits per heavy atom. The molecule has 0 unspecified atom stereocenters. The molecule has 0 fully saturated rings. The number of aromatic nitrogens is 2. The van der Waals surface area contributed by atoms with E-state index in [4.69, 9.17) is 21.1 Å². The van der Waals surface area contributed by atoms with E-state index in [9.17, 15) is 4.79 Å². The molecule has 1 amide bonds. The Bertz CT molecular complexity index is 443. The molecule has 1 rings (SSSR count). The topological polar surface area (TPSA) is 73.3 Å². The Hall–Kier alpha value is -1.40. The van der Waals surface area contributed by atoms with Crippen molar-refractivity contribution in [2.45, 2.75) is 45.4 Å². The van der Waals surface area contributed by atoms with E-state index in [0.717, 1.165) is 19.3 Å². The fourth-order valence-corrected chi connectivity index (χ4v) is 1.90. The highest BCUT2D eigenvalue weighted by Gasteiger charge is 2.08. The average molecular weight is 316 g/mol. The lowest BCUT2D eigenvalue weighted by atomic mass is 10.1. The Labute approximate surface area is 130 Å². The Balaban J connectivity index is 2.42. The summed E-state index contributed by atoms with van der Waals surface area (Å²) in [5, 5.41) is 2.83. The van der Waals surface area contributed by atoms with Crippen LogP contribution in [0.2, 0.25) is 5.15 Å². The molecule has 0 saturated carbocycles. The molecule has 1 aromatic rings. The van der Waals surface area contributed by atoms with E-state index in [0.29, 0.717) is 6.42 Å². The lowest BCUT2D eigenvalue weighted by Gasteiger charge is -2.07. The van der Waals surface area contributed by atoms with Crippen molar-refractivity contribution in [1.29, 1.82) is 0 Å². The van der Waals surface area contributed by atoms with Gasteiger partial charge in [0.25, 0.3) is 0 Å². The average Bonchev–Trinajstić information content (AvgIpc) is 2.44. The minimum absolute atomic E-state index is 0.0537. The summed E-state index contributed by atoms with van der Waals surface area (Å²) < 4.78 is 9.95. The second-order valence-electron chi connectivity index (χ2n) is 4.62. The first kappa shape index (κ1) is 17.7. The van der Waals surface area contributed by atoms with E-state index in [2.05, 4.69) is 22.2 Å². The molecule has 0 aliphatic carbocycles. The molecular weight excluding hydrogens is 294 g/mol. The molecule has 0 atom stereocenters. The monoisotopic (exact) mass is 315 g/mol. The van der Waals surface area contributed by atoms with Crippen LogP contribution < -0.4 is 10.1 Å². The van der Waals surface area contributed by atoms with Crippen LogP contribution in [0.5, 0.6) is 5.88 Å². The van der Waals surface area contributed by atoms with Crippen molar-refractivity contribution >= 4 is 23.5 Å². The van der Waals surface area contributed by atoms with Crippen molar-refractivity contribution in [1.82, 2.24) is 9.97 Å². The number of amides is 1. The van der Waals surface area contributed by atoms with Gasteiger partial charge in [-0.15, -0.1) is 0 Å². The van der Waals surface area contributed by atoms with Gasteiger partial charge in [0, 0.05) is 19.6 Å². The number of unbranched alkanes of at least 4 members (excludes halogenated alkanes) is 4. The first-order chi connectivity index (χ1) is 10.2. The molecule has 1 aromatic heterocycles. The number of ether oxygens (including phenoxy) is 2. The zero-order valence-electron chi connectivity index (χ0n) is 12.5. The molecule has 21 heavy (non-hydrogen) atoms. The summed E-state index contributed by atoms with van der Waals surface area (Å²) in [4.78, 5) is 19.8. The molecule has 0 radical (unpaired) electrons. The van der Waals surface area contributed by atoms with Crippen molar-refractivity contribution in [2.24, 2.45) is 0 Å². The van der Waals surface area contributed by atoms with Crippen LogP contribution >= 0.6 is 11.6 Å². The van der Waals surface area contributed by atoms with Gasteiger partial charge >= 0.3 is 0 Å². The van der Waals surface area contributed by atoms with E-state index in [1.54, 1.807) is 0 Å². The molecule has 1 heterocycles. The van der Waals surface area contributed by atoms with Gasteiger partial charge in [-0.3, -0.25) is 10.1 Å². The Kier molecular flexibility index (Phi) is 8.69. The van der Waals surface area contributed by atoms with Gasteiger partial charge in [0.2, 0.25) is 17.7 Å². The normalized spacial score (nSPS) is 10.4. The van der Waals surface area contributed by atoms with E-state index < -0.39 is 0 Å². The maximum absolute atomic E-state index is 11.8. The van der Waals surface area contributed by atoms with Crippen LogP contribution in [-0.2, 0) is 9.53 Å². The first-order valence-corrected chi connectivity index (χ1v) is 7.49. The molecule has 6 nitrogen and oxygen atoms in total. The highest BCUT2D eigenvalue weighted by Crippen LogP contribution is 2.16. The summed E-state index contributed by atoms with van der Waals surface area (Å²) >= 11 is 5.85. The number of halogens is 1. The van der Waals surface area contributed by atoms with Crippen LogP contribution in [0, 0.1) is 0 Å². The van der Waals surface area contributed by atoms with Crippen LogP contribution in [0.1, 0.15) is 45.4 Å². The first-order valence-electron chi connectivity index (χ1n) is 7.12. The van der Waals surface area contributed by atoms with E-state index in [-0.39, 0.29) is 29.7 Å². The molecule has 0 aliphatic rings. The highest BCUT2D eigenvalue weighted by molar-refractivity contribution is 6.29. The summed E-state index contributed by atoms with van der Waals surface area (Å²) in [5.74, 6) is 0.286. The van der Waals surface area contributed by atoms with Gasteiger partial charge in [-0.25, -0.2) is 4.98 Å². The van der Waals surface area contributed by atoms with Gasteiger partial charge in [-0.2, -0.15) is 4.98 Å². The Morgan fingerprint density at radius 3 is 2.76 bits per heavy atom. The van der Waals surface area contributed by atoms with Crippen molar-refractivity contribution in [3.05, 3.63) is 11.2 Å². The number of hydrogen-bond acceptors (Lipinski definition) is 5.